The lowest BCUT2D eigenvalue weighted by Gasteiger charge is -2.21. The molecule has 0 atom stereocenters. The summed E-state index contributed by atoms with van der Waals surface area (Å²) in [6.45, 7) is 8.44. The van der Waals surface area contributed by atoms with Gasteiger partial charge in [0, 0.05) is 22.9 Å². The Hall–Kier alpha value is -3.27. The lowest BCUT2D eigenvalue weighted by Crippen LogP contribution is -2.13. The maximum atomic E-state index is 12.5. The fraction of sp³-hybridized carbons (Fsp3) is 0.208. The highest BCUT2D eigenvalue weighted by Crippen LogP contribution is 2.33. The summed E-state index contributed by atoms with van der Waals surface area (Å²) in [5.41, 5.74) is 6.65. The largest absolute Gasteiger partial charge is 0.329 e. The Bertz CT molecular complexity index is 1220. The number of benzene rings is 2. The van der Waals surface area contributed by atoms with E-state index in [-0.39, 0.29) is 11.0 Å². The zero-order valence-electron chi connectivity index (χ0n) is 16.6. The molecule has 0 aliphatic rings. The van der Waals surface area contributed by atoms with Crippen LogP contribution < -0.4 is 5.56 Å². The second-order valence-corrected chi connectivity index (χ2v) is 8.08. The SMILES string of the molecule is Cc1nc2c(-c3ccc[nH]c3=O)cc(C(C)(C)C)cc2nc1-c1ccccc1. The summed E-state index contributed by atoms with van der Waals surface area (Å²) in [5.74, 6) is 0. The van der Waals surface area contributed by atoms with Crippen molar-refractivity contribution in [3.05, 3.63) is 82.4 Å². The minimum absolute atomic E-state index is 0.0794. The van der Waals surface area contributed by atoms with Gasteiger partial charge in [-0.25, -0.2) is 9.97 Å². The third-order valence-corrected chi connectivity index (χ3v) is 4.97. The summed E-state index contributed by atoms with van der Waals surface area (Å²) in [6, 6.07) is 17.9. The summed E-state index contributed by atoms with van der Waals surface area (Å²) in [7, 11) is 0. The number of H-pyrrole nitrogens is 1. The molecule has 140 valence electrons. The number of nitrogens with zero attached hydrogens (tertiary/aromatic N) is 2. The molecule has 0 unspecified atom stereocenters. The summed E-state index contributed by atoms with van der Waals surface area (Å²) in [5, 5.41) is 0. The van der Waals surface area contributed by atoms with Gasteiger partial charge in [0.15, 0.2) is 0 Å². The van der Waals surface area contributed by atoms with Crippen molar-refractivity contribution in [2.24, 2.45) is 0 Å². The highest BCUT2D eigenvalue weighted by molar-refractivity contribution is 5.93. The van der Waals surface area contributed by atoms with Gasteiger partial charge in [-0.15, -0.1) is 0 Å². The highest BCUT2D eigenvalue weighted by atomic mass is 16.1. The maximum Gasteiger partial charge on any atom is 0.255 e. The van der Waals surface area contributed by atoms with Crippen molar-refractivity contribution in [1.29, 1.82) is 0 Å². The molecule has 0 fully saturated rings. The van der Waals surface area contributed by atoms with Crippen LogP contribution in [-0.4, -0.2) is 15.0 Å². The van der Waals surface area contributed by atoms with E-state index in [4.69, 9.17) is 9.97 Å². The molecule has 2 aromatic carbocycles. The first kappa shape index (κ1) is 18.1. The average Bonchev–Trinajstić information content (AvgIpc) is 2.67. The zero-order chi connectivity index (χ0) is 19.9. The maximum absolute atomic E-state index is 12.5. The number of aryl methyl sites for hydroxylation is 1. The molecule has 0 amide bonds. The molecule has 4 rings (SSSR count). The molecule has 0 aliphatic heterocycles. The van der Waals surface area contributed by atoms with Crippen LogP contribution in [0.15, 0.2) is 65.6 Å². The Labute approximate surface area is 164 Å². The minimum Gasteiger partial charge on any atom is -0.329 e. The molecule has 0 aliphatic carbocycles. The Morgan fingerprint density at radius 3 is 2.32 bits per heavy atom. The number of hydrogen-bond donors (Lipinski definition) is 1. The second-order valence-electron chi connectivity index (χ2n) is 8.08. The van der Waals surface area contributed by atoms with Crippen LogP contribution in [0.3, 0.4) is 0 Å². The van der Waals surface area contributed by atoms with Crippen molar-refractivity contribution in [1.82, 2.24) is 15.0 Å². The molecule has 0 spiro atoms. The number of fused-ring (bicyclic) bond motifs is 1. The normalized spacial score (nSPS) is 11.7. The van der Waals surface area contributed by atoms with Crippen molar-refractivity contribution in [3.8, 4) is 22.4 Å². The predicted octanol–water partition coefficient (Wildman–Crippen LogP) is 5.26. The second kappa shape index (κ2) is 6.71. The fourth-order valence-electron chi connectivity index (χ4n) is 3.39. The van der Waals surface area contributed by atoms with Crippen molar-refractivity contribution >= 4 is 11.0 Å². The van der Waals surface area contributed by atoms with Gasteiger partial charge in [0.1, 0.15) is 0 Å². The van der Waals surface area contributed by atoms with Crippen LogP contribution in [0.25, 0.3) is 33.4 Å². The van der Waals surface area contributed by atoms with E-state index < -0.39 is 0 Å². The molecule has 4 heteroatoms. The molecule has 0 bridgehead atoms. The van der Waals surface area contributed by atoms with Gasteiger partial charge in [-0.05, 0) is 42.2 Å². The van der Waals surface area contributed by atoms with Crippen LogP contribution in [0.1, 0.15) is 32.0 Å². The van der Waals surface area contributed by atoms with Crippen LogP contribution in [0.2, 0.25) is 0 Å². The average molecular weight is 369 g/mol. The highest BCUT2D eigenvalue weighted by Gasteiger charge is 2.20. The topological polar surface area (TPSA) is 58.6 Å². The van der Waals surface area contributed by atoms with E-state index in [0.29, 0.717) is 5.56 Å². The van der Waals surface area contributed by atoms with E-state index in [2.05, 4.69) is 37.9 Å². The van der Waals surface area contributed by atoms with Gasteiger partial charge < -0.3 is 4.98 Å². The number of aromatic nitrogens is 3. The van der Waals surface area contributed by atoms with E-state index in [9.17, 15) is 4.79 Å². The third-order valence-electron chi connectivity index (χ3n) is 4.97. The van der Waals surface area contributed by atoms with E-state index in [1.165, 1.54) is 0 Å². The smallest absolute Gasteiger partial charge is 0.255 e. The van der Waals surface area contributed by atoms with Gasteiger partial charge in [0.2, 0.25) is 0 Å². The monoisotopic (exact) mass is 369 g/mol. The first-order chi connectivity index (χ1) is 13.3. The number of rotatable bonds is 2. The molecule has 4 nitrogen and oxygen atoms in total. The van der Waals surface area contributed by atoms with Crippen LogP contribution in [0.4, 0.5) is 0 Å². The fourth-order valence-corrected chi connectivity index (χ4v) is 3.39. The van der Waals surface area contributed by atoms with Crippen molar-refractivity contribution < 1.29 is 0 Å². The quantitative estimate of drug-likeness (QED) is 0.524. The Kier molecular flexibility index (Phi) is 4.34. The van der Waals surface area contributed by atoms with Crippen LogP contribution in [-0.2, 0) is 5.41 Å². The molecular weight excluding hydrogens is 346 g/mol. The van der Waals surface area contributed by atoms with Crippen LogP contribution in [0, 0.1) is 6.92 Å². The van der Waals surface area contributed by atoms with E-state index in [1.807, 2.05) is 49.4 Å². The minimum atomic E-state index is -0.124. The van der Waals surface area contributed by atoms with Gasteiger partial charge in [-0.3, -0.25) is 4.79 Å². The van der Waals surface area contributed by atoms with E-state index >= 15 is 0 Å². The molecule has 0 radical (unpaired) electrons. The molecule has 1 N–H and O–H groups in total. The first-order valence-corrected chi connectivity index (χ1v) is 9.41. The Morgan fingerprint density at radius 1 is 0.893 bits per heavy atom. The van der Waals surface area contributed by atoms with Gasteiger partial charge >= 0.3 is 0 Å². The standard InChI is InChI=1S/C24H23N3O/c1-15-21(16-9-6-5-7-10-16)27-20-14-17(24(2,3)4)13-19(22(20)26-15)18-11-8-12-25-23(18)28/h5-14H,1-4H3,(H,25,28). The molecule has 28 heavy (non-hydrogen) atoms. The van der Waals surface area contributed by atoms with E-state index in [1.54, 1.807) is 6.20 Å². The van der Waals surface area contributed by atoms with Crippen molar-refractivity contribution in [2.75, 3.05) is 0 Å². The lowest BCUT2D eigenvalue weighted by atomic mass is 9.85. The zero-order valence-corrected chi connectivity index (χ0v) is 16.6. The third kappa shape index (κ3) is 3.22. The summed E-state index contributed by atoms with van der Waals surface area (Å²) < 4.78 is 0. The van der Waals surface area contributed by atoms with Crippen molar-refractivity contribution in [2.45, 2.75) is 33.1 Å². The van der Waals surface area contributed by atoms with Gasteiger partial charge in [0.25, 0.3) is 5.56 Å². The number of pyridine rings is 1. The molecule has 0 saturated heterocycles. The Balaban J connectivity index is 2.08. The van der Waals surface area contributed by atoms with Gasteiger partial charge in [-0.2, -0.15) is 0 Å². The first-order valence-electron chi connectivity index (χ1n) is 9.41. The van der Waals surface area contributed by atoms with E-state index in [0.717, 1.165) is 39.1 Å². The van der Waals surface area contributed by atoms with Crippen LogP contribution >= 0.6 is 0 Å². The number of aromatic amines is 1. The number of nitrogens with one attached hydrogen (secondary N) is 1. The number of hydrogen-bond acceptors (Lipinski definition) is 3. The summed E-state index contributed by atoms with van der Waals surface area (Å²) in [4.78, 5) is 25.1. The van der Waals surface area contributed by atoms with Gasteiger partial charge in [0.05, 0.1) is 22.4 Å². The van der Waals surface area contributed by atoms with Gasteiger partial charge in [-0.1, -0.05) is 51.1 Å². The summed E-state index contributed by atoms with van der Waals surface area (Å²) >= 11 is 0. The predicted molar refractivity (Wildman–Crippen MR) is 114 cm³/mol. The Morgan fingerprint density at radius 2 is 1.64 bits per heavy atom. The molecular formula is C24H23N3O. The summed E-state index contributed by atoms with van der Waals surface area (Å²) in [6.07, 6.45) is 1.64. The molecule has 2 aromatic heterocycles. The lowest BCUT2D eigenvalue weighted by molar-refractivity contribution is 0.591. The van der Waals surface area contributed by atoms with Crippen LogP contribution in [0.5, 0.6) is 0 Å². The van der Waals surface area contributed by atoms with Crippen molar-refractivity contribution in [3.63, 3.8) is 0 Å². The molecule has 4 aromatic rings. The molecule has 0 saturated carbocycles. The molecule has 2 heterocycles.